The first-order valence-corrected chi connectivity index (χ1v) is 6.27. The molecule has 0 aliphatic rings. The predicted octanol–water partition coefficient (Wildman–Crippen LogP) is -0.138. The molecule has 1 unspecified atom stereocenters. The van der Waals surface area contributed by atoms with E-state index in [4.69, 9.17) is 15.2 Å². The van der Waals surface area contributed by atoms with Crippen LogP contribution in [0.15, 0.2) is 0 Å². The van der Waals surface area contributed by atoms with Crippen molar-refractivity contribution in [2.24, 2.45) is 5.73 Å². The van der Waals surface area contributed by atoms with E-state index >= 15 is 0 Å². The first-order chi connectivity index (χ1) is 8.67. The number of carbonyl (C=O) groups excluding carboxylic acids is 1. The van der Waals surface area contributed by atoms with Crippen LogP contribution in [0.4, 0.5) is 0 Å². The minimum atomic E-state index is -0.210. The number of rotatable bonds is 11. The molecule has 18 heavy (non-hydrogen) atoms. The molecule has 0 aromatic heterocycles. The first kappa shape index (κ1) is 17.3. The number of hydrogen-bond donors (Lipinski definition) is 1. The van der Waals surface area contributed by atoms with Crippen LogP contribution < -0.4 is 5.73 Å². The van der Waals surface area contributed by atoms with Crippen molar-refractivity contribution in [2.45, 2.75) is 19.4 Å². The third-order valence-corrected chi connectivity index (χ3v) is 2.60. The van der Waals surface area contributed by atoms with Crippen molar-refractivity contribution in [1.29, 1.82) is 0 Å². The quantitative estimate of drug-likeness (QED) is 0.523. The van der Waals surface area contributed by atoms with Gasteiger partial charge in [0.15, 0.2) is 0 Å². The zero-order valence-electron chi connectivity index (χ0n) is 11.7. The van der Waals surface area contributed by atoms with Crippen LogP contribution in [-0.2, 0) is 19.0 Å². The zero-order valence-corrected chi connectivity index (χ0v) is 11.7. The molecule has 0 rings (SSSR count). The van der Waals surface area contributed by atoms with E-state index < -0.39 is 0 Å². The van der Waals surface area contributed by atoms with E-state index in [0.29, 0.717) is 39.3 Å². The van der Waals surface area contributed by atoms with Crippen molar-refractivity contribution in [3.8, 4) is 0 Å². The van der Waals surface area contributed by atoms with Gasteiger partial charge in [0.25, 0.3) is 0 Å². The maximum atomic E-state index is 11.1. The summed E-state index contributed by atoms with van der Waals surface area (Å²) in [6.45, 7) is 5.73. The largest absolute Gasteiger partial charge is 0.469 e. The van der Waals surface area contributed by atoms with Gasteiger partial charge < -0.3 is 19.9 Å². The Morgan fingerprint density at radius 2 is 2.06 bits per heavy atom. The summed E-state index contributed by atoms with van der Waals surface area (Å²) >= 11 is 0. The van der Waals surface area contributed by atoms with Crippen molar-refractivity contribution in [1.82, 2.24) is 4.90 Å². The third kappa shape index (κ3) is 8.41. The first-order valence-electron chi connectivity index (χ1n) is 6.27. The SMILES string of the molecule is CCOC(CN)CN(CCOC)CCC(=O)OC. The van der Waals surface area contributed by atoms with Gasteiger partial charge in [-0.25, -0.2) is 0 Å². The average Bonchev–Trinajstić information content (AvgIpc) is 2.40. The second-order valence-electron chi connectivity index (χ2n) is 3.93. The van der Waals surface area contributed by atoms with Gasteiger partial charge in [-0.2, -0.15) is 0 Å². The lowest BCUT2D eigenvalue weighted by atomic mass is 10.3. The minimum Gasteiger partial charge on any atom is -0.469 e. The van der Waals surface area contributed by atoms with E-state index in [-0.39, 0.29) is 12.1 Å². The van der Waals surface area contributed by atoms with Crippen LogP contribution in [-0.4, -0.2) is 70.6 Å². The van der Waals surface area contributed by atoms with E-state index in [2.05, 4.69) is 9.64 Å². The summed E-state index contributed by atoms with van der Waals surface area (Å²) in [5.41, 5.74) is 5.64. The lowest BCUT2D eigenvalue weighted by molar-refractivity contribution is -0.141. The highest BCUT2D eigenvalue weighted by Crippen LogP contribution is 1.99. The maximum absolute atomic E-state index is 11.1. The normalized spacial score (nSPS) is 12.7. The highest BCUT2D eigenvalue weighted by Gasteiger charge is 2.14. The summed E-state index contributed by atoms with van der Waals surface area (Å²) in [5, 5.41) is 0. The summed E-state index contributed by atoms with van der Waals surface area (Å²) in [6.07, 6.45) is 0.355. The summed E-state index contributed by atoms with van der Waals surface area (Å²) in [6, 6.07) is 0. The van der Waals surface area contributed by atoms with Crippen LogP contribution in [0.2, 0.25) is 0 Å². The van der Waals surface area contributed by atoms with Gasteiger partial charge in [0.2, 0.25) is 0 Å². The molecule has 1 atom stereocenters. The summed E-state index contributed by atoms with van der Waals surface area (Å²) in [7, 11) is 3.05. The van der Waals surface area contributed by atoms with Crippen LogP contribution in [0.5, 0.6) is 0 Å². The Morgan fingerprint density at radius 1 is 1.33 bits per heavy atom. The highest BCUT2D eigenvalue weighted by molar-refractivity contribution is 5.69. The molecular formula is C12H26N2O4. The Labute approximate surface area is 109 Å². The summed E-state index contributed by atoms with van der Waals surface area (Å²) < 4.78 is 15.2. The molecule has 0 aromatic rings. The van der Waals surface area contributed by atoms with E-state index in [9.17, 15) is 4.79 Å². The lowest BCUT2D eigenvalue weighted by Crippen LogP contribution is -2.40. The molecule has 0 bridgehead atoms. The molecule has 0 aliphatic carbocycles. The van der Waals surface area contributed by atoms with Gasteiger partial charge in [-0.3, -0.25) is 9.69 Å². The van der Waals surface area contributed by atoms with Crippen LogP contribution in [0, 0.1) is 0 Å². The van der Waals surface area contributed by atoms with E-state index in [1.807, 2.05) is 6.92 Å². The second-order valence-corrected chi connectivity index (χ2v) is 3.93. The van der Waals surface area contributed by atoms with Crippen LogP contribution in [0.1, 0.15) is 13.3 Å². The number of hydrogen-bond acceptors (Lipinski definition) is 6. The van der Waals surface area contributed by atoms with E-state index in [1.165, 1.54) is 7.11 Å². The smallest absolute Gasteiger partial charge is 0.306 e. The number of carbonyl (C=O) groups is 1. The molecule has 0 aliphatic heterocycles. The molecule has 0 aromatic carbocycles. The molecule has 108 valence electrons. The standard InChI is InChI=1S/C12H26N2O4/c1-4-18-11(9-13)10-14(7-8-16-2)6-5-12(15)17-3/h11H,4-10,13H2,1-3H3. The molecule has 0 fully saturated rings. The fraction of sp³-hybridized carbons (Fsp3) is 0.917. The number of esters is 1. The molecule has 0 amide bonds. The van der Waals surface area contributed by atoms with E-state index in [0.717, 1.165) is 6.54 Å². The topological polar surface area (TPSA) is 74.0 Å². The van der Waals surface area contributed by atoms with Gasteiger partial charge in [0.05, 0.1) is 26.2 Å². The van der Waals surface area contributed by atoms with Gasteiger partial charge >= 0.3 is 5.97 Å². The monoisotopic (exact) mass is 262 g/mol. The average molecular weight is 262 g/mol. The molecule has 0 saturated carbocycles. The van der Waals surface area contributed by atoms with Crippen molar-refractivity contribution in [3.05, 3.63) is 0 Å². The Hall–Kier alpha value is -0.690. The van der Waals surface area contributed by atoms with Crippen molar-refractivity contribution in [3.63, 3.8) is 0 Å². The molecule has 0 saturated heterocycles. The molecule has 0 radical (unpaired) electrons. The molecule has 6 heteroatoms. The Morgan fingerprint density at radius 3 is 2.56 bits per heavy atom. The number of nitrogens with two attached hydrogens (primary N) is 1. The van der Waals surface area contributed by atoms with Crippen LogP contribution in [0.3, 0.4) is 0 Å². The number of nitrogens with zero attached hydrogens (tertiary/aromatic N) is 1. The number of methoxy groups -OCH3 is 2. The second kappa shape index (κ2) is 11.4. The summed E-state index contributed by atoms with van der Waals surface area (Å²) in [5.74, 6) is -0.210. The Balaban J connectivity index is 4.14. The van der Waals surface area contributed by atoms with Gasteiger partial charge in [-0.15, -0.1) is 0 Å². The van der Waals surface area contributed by atoms with Gasteiger partial charge in [-0.05, 0) is 6.92 Å². The van der Waals surface area contributed by atoms with Crippen molar-refractivity contribution < 1.29 is 19.0 Å². The van der Waals surface area contributed by atoms with Crippen molar-refractivity contribution in [2.75, 3.05) is 53.6 Å². The molecule has 0 heterocycles. The lowest BCUT2D eigenvalue weighted by Gasteiger charge is -2.26. The predicted molar refractivity (Wildman–Crippen MR) is 69.4 cm³/mol. The summed E-state index contributed by atoms with van der Waals surface area (Å²) in [4.78, 5) is 13.2. The van der Waals surface area contributed by atoms with Crippen LogP contribution >= 0.6 is 0 Å². The highest BCUT2D eigenvalue weighted by atomic mass is 16.5. The van der Waals surface area contributed by atoms with Gasteiger partial charge in [0, 0.05) is 39.9 Å². The number of ether oxygens (including phenoxy) is 3. The Kier molecular flexibility index (Phi) is 11.0. The zero-order chi connectivity index (χ0) is 13.8. The molecule has 0 spiro atoms. The molecule has 6 nitrogen and oxygen atoms in total. The van der Waals surface area contributed by atoms with E-state index in [1.54, 1.807) is 7.11 Å². The van der Waals surface area contributed by atoms with Gasteiger partial charge in [0.1, 0.15) is 0 Å². The fourth-order valence-electron chi connectivity index (χ4n) is 1.59. The maximum Gasteiger partial charge on any atom is 0.306 e. The minimum absolute atomic E-state index is 0.00972. The van der Waals surface area contributed by atoms with Crippen LogP contribution in [0.25, 0.3) is 0 Å². The van der Waals surface area contributed by atoms with Gasteiger partial charge in [-0.1, -0.05) is 0 Å². The molecular weight excluding hydrogens is 236 g/mol. The third-order valence-electron chi connectivity index (χ3n) is 2.60. The molecule has 2 N–H and O–H groups in total. The fourth-order valence-corrected chi connectivity index (χ4v) is 1.59. The Bertz CT molecular complexity index is 214. The van der Waals surface area contributed by atoms with Crippen molar-refractivity contribution >= 4 is 5.97 Å².